The van der Waals surface area contributed by atoms with E-state index >= 15 is 0 Å². The van der Waals surface area contributed by atoms with Gasteiger partial charge in [0.25, 0.3) is 0 Å². The lowest BCUT2D eigenvalue weighted by Crippen LogP contribution is -2.37. The molecule has 0 bridgehead atoms. The predicted molar refractivity (Wildman–Crippen MR) is 50.6 cm³/mol. The Balaban J connectivity index is 3.29. The summed E-state index contributed by atoms with van der Waals surface area (Å²) in [7, 11) is 0. The van der Waals surface area contributed by atoms with Gasteiger partial charge in [-0.3, -0.25) is 0 Å². The van der Waals surface area contributed by atoms with E-state index in [9.17, 15) is 0 Å². The van der Waals surface area contributed by atoms with Crippen molar-refractivity contribution in [3.63, 3.8) is 0 Å². The summed E-state index contributed by atoms with van der Waals surface area (Å²) in [5.41, 5.74) is 5.86. The molecule has 0 heterocycles. The van der Waals surface area contributed by atoms with Crippen molar-refractivity contribution in [2.75, 3.05) is 6.54 Å². The first-order valence-corrected chi connectivity index (χ1v) is 4.51. The molecule has 0 aliphatic rings. The second kappa shape index (κ2) is 5.56. The zero-order valence-corrected chi connectivity index (χ0v) is 8.22. The van der Waals surface area contributed by atoms with E-state index in [0.29, 0.717) is 18.0 Å². The molecule has 0 saturated heterocycles. The lowest BCUT2D eigenvalue weighted by molar-refractivity contribution is 0.450. The van der Waals surface area contributed by atoms with Crippen molar-refractivity contribution in [1.29, 1.82) is 0 Å². The van der Waals surface area contributed by atoms with Crippen LogP contribution in [-0.2, 0) is 0 Å². The minimum Gasteiger partial charge on any atom is -0.327 e. The van der Waals surface area contributed by atoms with Crippen molar-refractivity contribution in [3.8, 4) is 0 Å². The highest BCUT2D eigenvalue weighted by molar-refractivity contribution is 4.67. The molecule has 1 unspecified atom stereocenters. The Kier molecular flexibility index (Phi) is 5.51. The van der Waals surface area contributed by atoms with Gasteiger partial charge < -0.3 is 11.1 Å². The van der Waals surface area contributed by atoms with E-state index < -0.39 is 0 Å². The molecular weight excluding hydrogens is 136 g/mol. The Morgan fingerprint density at radius 2 is 1.73 bits per heavy atom. The van der Waals surface area contributed by atoms with Crippen molar-refractivity contribution in [2.24, 2.45) is 11.7 Å². The minimum absolute atomic E-state index is 0.317. The van der Waals surface area contributed by atoms with E-state index in [4.69, 9.17) is 5.73 Å². The molecular formula is C9H22N2. The van der Waals surface area contributed by atoms with Gasteiger partial charge in [0, 0.05) is 18.6 Å². The van der Waals surface area contributed by atoms with Gasteiger partial charge in [0.15, 0.2) is 0 Å². The number of rotatable bonds is 5. The van der Waals surface area contributed by atoms with E-state index in [0.717, 1.165) is 13.0 Å². The van der Waals surface area contributed by atoms with Gasteiger partial charge in [-0.25, -0.2) is 0 Å². The third-order valence-corrected chi connectivity index (χ3v) is 1.56. The van der Waals surface area contributed by atoms with Gasteiger partial charge in [-0.1, -0.05) is 27.7 Å². The van der Waals surface area contributed by atoms with Crippen LogP contribution in [0.1, 0.15) is 34.1 Å². The second-order valence-corrected chi connectivity index (χ2v) is 3.95. The third-order valence-electron chi connectivity index (χ3n) is 1.56. The lowest BCUT2D eigenvalue weighted by atomic mass is 10.0. The third kappa shape index (κ3) is 7.82. The van der Waals surface area contributed by atoms with Crippen LogP contribution < -0.4 is 11.1 Å². The summed E-state index contributed by atoms with van der Waals surface area (Å²) in [4.78, 5) is 0. The van der Waals surface area contributed by atoms with E-state index in [-0.39, 0.29) is 0 Å². The fourth-order valence-electron chi connectivity index (χ4n) is 1.08. The van der Waals surface area contributed by atoms with Crippen LogP contribution in [0.3, 0.4) is 0 Å². The van der Waals surface area contributed by atoms with Crippen LogP contribution in [0.2, 0.25) is 0 Å². The maximum atomic E-state index is 5.86. The molecule has 0 aliphatic carbocycles. The topological polar surface area (TPSA) is 38.0 Å². The van der Waals surface area contributed by atoms with E-state index in [2.05, 4.69) is 33.0 Å². The summed E-state index contributed by atoms with van der Waals surface area (Å²) in [6.45, 7) is 9.63. The molecule has 1 atom stereocenters. The fourth-order valence-corrected chi connectivity index (χ4v) is 1.08. The molecule has 0 spiro atoms. The average molecular weight is 158 g/mol. The first kappa shape index (κ1) is 10.9. The molecule has 0 fully saturated rings. The van der Waals surface area contributed by atoms with Crippen molar-refractivity contribution >= 4 is 0 Å². The van der Waals surface area contributed by atoms with Crippen molar-refractivity contribution in [3.05, 3.63) is 0 Å². The maximum absolute atomic E-state index is 5.86. The number of nitrogens with one attached hydrogen (secondary N) is 1. The van der Waals surface area contributed by atoms with Gasteiger partial charge in [0.1, 0.15) is 0 Å². The summed E-state index contributed by atoms with van der Waals surface area (Å²) in [5.74, 6) is 0.707. The summed E-state index contributed by atoms with van der Waals surface area (Å²) >= 11 is 0. The van der Waals surface area contributed by atoms with Crippen LogP contribution in [0.25, 0.3) is 0 Å². The zero-order valence-electron chi connectivity index (χ0n) is 8.22. The predicted octanol–water partition coefficient (Wildman–Crippen LogP) is 1.36. The van der Waals surface area contributed by atoms with Crippen LogP contribution in [0.5, 0.6) is 0 Å². The average Bonchev–Trinajstić information content (AvgIpc) is 1.82. The van der Waals surface area contributed by atoms with Gasteiger partial charge in [-0.05, 0) is 12.3 Å². The Morgan fingerprint density at radius 3 is 2.09 bits per heavy atom. The Bertz CT molecular complexity index is 89.6. The molecule has 11 heavy (non-hydrogen) atoms. The molecule has 0 aromatic rings. The van der Waals surface area contributed by atoms with E-state index in [1.165, 1.54) is 0 Å². The highest BCUT2D eigenvalue weighted by Gasteiger charge is 2.04. The van der Waals surface area contributed by atoms with Gasteiger partial charge >= 0.3 is 0 Å². The second-order valence-electron chi connectivity index (χ2n) is 3.95. The van der Waals surface area contributed by atoms with Crippen LogP contribution >= 0.6 is 0 Å². The quantitative estimate of drug-likeness (QED) is 0.634. The van der Waals surface area contributed by atoms with Crippen molar-refractivity contribution in [2.45, 2.75) is 46.2 Å². The summed E-state index contributed by atoms with van der Waals surface area (Å²) < 4.78 is 0. The lowest BCUT2D eigenvalue weighted by Gasteiger charge is -2.16. The molecule has 0 radical (unpaired) electrons. The molecule has 0 aliphatic heterocycles. The van der Waals surface area contributed by atoms with Gasteiger partial charge in [-0.15, -0.1) is 0 Å². The highest BCUT2D eigenvalue weighted by Crippen LogP contribution is 2.01. The molecule has 68 valence electrons. The van der Waals surface area contributed by atoms with Crippen LogP contribution in [0, 0.1) is 5.92 Å². The number of hydrogen-bond donors (Lipinski definition) is 2. The monoisotopic (exact) mass is 158 g/mol. The van der Waals surface area contributed by atoms with Crippen molar-refractivity contribution in [1.82, 2.24) is 5.32 Å². The maximum Gasteiger partial charge on any atom is 0.0167 e. The molecule has 0 saturated carbocycles. The van der Waals surface area contributed by atoms with Gasteiger partial charge in [0.2, 0.25) is 0 Å². The molecule has 0 aromatic heterocycles. The zero-order chi connectivity index (χ0) is 8.85. The molecule has 0 amide bonds. The molecule has 0 rings (SSSR count). The van der Waals surface area contributed by atoms with Crippen LogP contribution in [-0.4, -0.2) is 18.6 Å². The van der Waals surface area contributed by atoms with E-state index in [1.54, 1.807) is 0 Å². The standard InChI is InChI=1S/C9H22N2/c1-7(2)5-9(10)6-11-8(3)4/h7-9,11H,5-6,10H2,1-4H3. The summed E-state index contributed by atoms with van der Waals surface area (Å²) in [6.07, 6.45) is 1.11. The summed E-state index contributed by atoms with van der Waals surface area (Å²) in [6, 6.07) is 0.866. The molecule has 2 nitrogen and oxygen atoms in total. The molecule has 2 heteroatoms. The first-order valence-electron chi connectivity index (χ1n) is 4.51. The van der Waals surface area contributed by atoms with Crippen LogP contribution in [0.4, 0.5) is 0 Å². The van der Waals surface area contributed by atoms with Gasteiger partial charge in [0.05, 0.1) is 0 Å². The first-order chi connectivity index (χ1) is 5.02. The summed E-state index contributed by atoms with van der Waals surface area (Å²) in [5, 5.41) is 3.33. The molecule has 0 aromatic carbocycles. The number of nitrogens with two attached hydrogens (primary N) is 1. The molecule has 3 N–H and O–H groups in total. The normalized spacial score (nSPS) is 14.5. The highest BCUT2D eigenvalue weighted by atomic mass is 14.9. The van der Waals surface area contributed by atoms with Crippen LogP contribution in [0.15, 0.2) is 0 Å². The smallest absolute Gasteiger partial charge is 0.0167 e. The van der Waals surface area contributed by atoms with Gasteiger partial charge in [-0.2, -0.15) is 0 Å². The largest absolute Gasteiger partial charge is 0.327 e. The fraction of sp³-hybridized carbons (Fsp3) is 1.00. The Morgan fingerprint density at radius 1 is 1.18 bits per heavy atom. The Labute approximate surface area is 70.5 Å². The van der Waals surface area contributed by atoms with E-state index in [1.807, 2.05) is 0 Å². The Hall–Kier alpha value is -0.0800. The minimum atomic E-state index is 0.317. The van der Waals surface area contributed by atoms with Crippen molar-refractivity contribution < 1.29 is 0 Å². The SMILES string of the molecule is CC(C)CC(N)CNC(C)C. The number of hydrogen-bond acceptors (Lipinski definition) is 2.